The van der Waals surface area contributed by atoms with Crippen LogP contribution >= 0.6 is 11.8 Å². The lowest BCUT2D eigenvalue weighted by molar-refractivity contribution is 0.843. The molecule has 0 aromatic heterocycles. The van der Waals surface area contributed by atoms with E-state index in [1.807, 2.05) is 11.8 Å². The minimum Gasteiger partial charge on any atom is -0.335 e. The van der Waals surface area contributed by atoms with E-state index >= 15 is 0 Å². The van der Waals surface area contributed by atoms with Crippen LogP contribution in [0.15, 0.2) is 29.3 Å². The number of nitrogens with zero attached hydrogens (tertiary/aromatic N) is 1. The fourth-order valence-electron chi connectivity index (χ4n) is 1.94. The van der Waals surface area contributed by atoms with Crippen molar-refractivity contribution in [1.82, 2.24) is 0 Å². The Morgan fingerprint density at radius 2 is 2.18 bits per heavy atom. The Kier molecular flexibility index (Phi) is 4.49. The largest absolute Gasteiger partial charge is 0.335 e. The Morgan fingerprint density at radius 1 is 1.35 bits per heavy atom. The summed E-state index contributed by atoms with van der Waals surface area (Å²) in [5, 5.41) is 5.22. The lowest BCUT2D eigenvalue weighted by Gasteiger charge is -2.11. The highest BCUT2D eigenvalue weighted by molar-refractivity contribution is 8.15. The molecule has 1 heterocycles. The summed E-state index contributed by atoms with van der Waals surface area (Å²) in [6.45, 7) is 5.40. The van der Waals surface area contributed by atoms with Gasteiger partial charge in [0.2, 0.25) is 0 Å². The third-order valence-electron chi connectivity index (χ3n) is 2.95. The summed E-state index contributed by atoms with van der Waals surface area (Å²) in [4.78, 5) is 4.55. The van der Waals surface area contributed by atoms with Crippen LogP contribution in [-0.4, -0.2) is 17.0 Å². The standard InChI is InChI=1S/C14H20N2S/c1-3-7-11-8-5-6-9-13(11)16-14-15-10-12(4-2)17-14/h5-6,8-9,12H,3-4,7,10H2,1-2H3,(H,15,16). The second-order valence-electron chi connectivity index (χ2n) is 4.33. The zero-order chi connectivity index (χ0) is 12.1. The SMILES string of the molecule is CCCc1ccccc1NC1=NCC(CC)S1. The third-order valence-corrected chi connectivity index (χ3v) is 4.22. The minimum absolute atomic E-state index is 0.663. The lowest BCUT2D eigenvalue weighted by Crippen LogP contribution is -2.08. The van der Waals surface area contributed by atoms with Gasteiger partial charge in [-0.2, -0.15) is 0 Å². The molecule has 1 atom stereocenters. The second-order valence-corrected chi connectivity index (χ2v) is 5.62. The molecule has 0 radical (unpaired) electrons. The van der Waals surface area contributed by atoms with E-state index in [0.29, 0.717) is 5.25 Å². The summed E-state index contributed by atoms with van der Waals surface area (Å²) in [7, 11) is 0. The average molecular weight is 248 g/mol. The van der Waals surface area contributed by atoms with E-state index in [1.165, 1.54) is 24.1 Å². The van der Waals surface area contributed by atoms with Crippen molar-refractivity contribution in [2.45, 2.75) is 38.4 Å². The second kappa shape index (κ2) is 6.10. The van der Waals surface area contributed by atoms with Gasteiger partial charge in [-0.3, -0.25) is 4.99 Å². The summed E-state index contributed by atoms with van der Waals surface area (Å²) in [6.07, 6.45) is 3.49. The molecule has 2 rings (SSSR count). The Hall–Kier alpha value is -0.960. The molecule has 3 heteroatoms. The van der Waals surface area contributed by atoms with E-state index in [2.05, 4.69) is 48.4 Å². The van der Waals surface area contributed by atoms with Crippen LogP contribution in [0, 0.1) is 0 Å². The van der Waals surface area contributed by atoms with Gasteiger partial charge in [0, 0.05) is 10.9 Å². The highest BCUT2D eigenvalue weighted by Gasteiger charge is 2.18. The van der Waals surface area contributed by atoms with Gasteiger partial charge >= 0.3 is 0 Å². The molecule has 17 heavy (non-hydrogen) atoms. The van der Waals surface area contributed by atoms with Crippen LogP contribution < -0.4 is 5.32 Å². The highest BCUT2D eigenvalue weighted by Crippen LogP contribution is 2.26. The Balaban J connectivity index is 2.04. The van der Waals surface area contributed by atoms with E-state index in [4.69, 9.17) is 0 Å². The van der Waals surface area contributed by atoms with Crippen LogP contribution in [0.4, 0.5) is 5.69 Å². The first-order valence-corrected chi connectivity index (χ1v) is 7.27. The molecule has 1 aromatic rings. The summed E-state index contributed by atoms with van der Waals surface area (Å²) >= 11 is 1.87. The first kappa shape index (κ1) is 12.5. The average Bonchev–Trinajstić information content (AvgIpc) is 2.80. The molecular formula is C14H20N2S. The van der Waals surface area contributed by atoms with Gasteiger partial charge in [-0.05, 0) is 24.5 Å². The minimum atomic E-state index is 0.663. The van der Waals surface area contributed by atoms with Crippen LogP contribution in [0.5, 0.6) is 0 Å². The quantitative estimate of drug-likeness (QED) is 0.873. The van der Waals surface area contributed by atoms with Crippen LogP contribution in [0.2, 0.25) is 0 Å². The van der Waals surface area contributed by atoms with Gasteiger partial charge in [-0.1, -0.05) is 50.2 Å². The summed E-state index contributed by atoms with van der Waals surface area (Å²) < 4.78 is 0. The van der Waals surface area contributed by atoms with Crippen molar-refractivity contribution in [2.24, 2.45) is 4.99 Å². The van der Waals surface area contributed by atoms with Crippen molar-refractivity contribution in [3.05, 3.63) is 29.8 Å². The summed E-state index contributed by atoms with van der Waals surface area (Å²) in [5.74, 6) is 0. The van der Waals surface area contributed by atoms with Gasteiger partial charge in [-0.15, -0.1) is 0 Å². The number of rotatable bonds is 4. The van der Waals surface area contributed by atoms with Gasteiger partial charge < -0.3 is 5.32 Å². The van der Waals surface area contributed by atoms with Crippen LogP contribution in [0.3, 0.4) is 0 Å². The van der Waals surface area contributed by atoms with E-state index in [1.54, 1.807) is 0 Å². The molecule has 1 aliphatic heterocycles. The molecule has 0 spiro atoms. The highest BCUT2D eigenvalue weighted by atomic mass is 32.2. The smallest absolute Gasteiger partial charge is 0.161 e. The molecule has 1 unspecified atom stereocenters. The molecule has 92 valence electrons. The Labute approximate surface area is 108 Å². The van der Waals surface area contributed by atoms with Crippen molar-refractivity contribution < 1.29 is 0 Å². The zero-order valence-corrected chi connectivity index (χ0v) is 11.4. The fourth-order valence-corrected chi connectivity index (χ4v) is 2.89. The Morgan fingerprint density at radius 3 is 2.88 bits per heavy atom. The zero-order valence-electron chi connectivity index (χ0n) is 10.6. The molecular weight excluding hydrogens is 228 g/mol. The number of aryl methyl sites for hydroxylation is 1. The van der Waals surface area contributed by atoms with Crippen molar-refractivity contribution in [1.29, 1.82) is 0 Å². The molecule has 2 nitrogen and oxygen atoms in total. The first-order valence-electron chi connectivity index (χ1n) is 6.39. The van der Waals surface area contributed by atoms with Crippen LogP contribution in [-0.2, 0) is 6.42 Å². The van der Waals surface area contributed by atoms with Gasteiger partial charge in [0.1, 0.15) is 0 Å². The van der Waals surface area contributed by atoms with E-state index in [0.717, 1.165) is 18.1 Å². The van der Waals surface area contributed by atoms with Crippen molar-refractivity contribution in [3.8, 4) is 0 Å². The molecule has 1 aromatic carbocycles. The normalized spacial score (nSPS) is 19.2. The number of para-hydroxylation sites is 1. The molecule has 0 amide bonds. The maximum Gasteiger partial charge on any atom is 0.161 e. The molecule has 0 saturated carbocycles. The van der Waals surface area contributed by atoms with Gasteiger partial charge in [-0.25, -0.2) is 0 Å². The first-order chi connectivity index (χ1) is 8.33. The predicted octanol–water partition coefficient (Wildman–Crippen LogP) is 3.93. The molecule has 0 fully saturated rings. The van der Waals surface area contributed by atoms with Crippen LogP contribution in [0.1, 0.15) is 32.3 Å². The van der Waals surface area contributed by atoms with E-state index < -0.39 is 0 Å². The molecule has 1 aliphatic rings. The monoisotopic (exact) mass is 248 g/mol. The topological polar surface area (TPSA) is 24.4 Å². The summed E-state index contributed by atoms with van der Waals surface area (Å²) in [6, 6.07) is 8.53. The van der Waals surface area contributed by atoms with Gasteiger partial charge in [0.05, 0.1) is 6.54 Å². The summed E-state index contributed by atoms with van der Waals surface area (Å²) in [5.41, 5.74) is 2.61. The predicted molar refractivity (Wildman–Crippen MR) is 78.0 cm³/mol. The number of thioether (sulfide) groups is 1. The number of aliphatic imine (C=N–C) groups is 1. The van der Waals surface area contributed by atoms with Crippen molar-refractivity contribution in [2.75, 3.05) is 11.9 Å². The van der Waals surface area contributed by atoms with E-state index in [9.17, 15) is 0 Å². The number of amidine groups is 1. The van der Waals surface area contributed by atoms with Crippen molar-refractivity contribution in [3.63, 3.8) is 0 Å². The van der Waals surface area contributed by atoms with Crippen molar-refractivity contribution >= 4 is 22.6 Å². The number of hydrogen-bond donors (Lipinski definition) is 1. The maximum absolute atomic E-state index is 4.55. The molecule has 0 saturated heterocycles. The van der Waals surface area contributed by atoms with Gasteiger partial charge in [0.25, 0.3) is 0 Å². The number of hydrogen-bond acceptors (Lipinski definition) is 3. The van der Waals surface area contributed by atoms with Gasteiger partial charge in [0.15, 0.2) is 5.17 Å². The fraction of sp³-hybridized carbons (Fsp3) is 0.500. The number of anilines is 1. The molecule has 0 bridgehead atoms. The van der Waals surface area contributed by atoms with E-state index in [-0.39, 0.29) is 0 Å². The molecule has 0 aliphatic carbocycles. The number of nitrogens with one attached hydrogen (secondary N) is 1. The maximum atomic E-state index is 4.55. The third kappa shape index (κ3) is 3.25. The number of benzene rings is 1. The lowest BCUT2D eigenvalue weighted by atomic mass is 10.1. The van der Waals surface area contributed by atoms with Crippen LogP contribution in [0.25, 0.3) is 0 Å². The Bertz CT molecular complexity index is 401. The molecule has 1 N–H and O–H groups in total.